The third kappa shape index (κ3) is 6.84. The number of rotatable bonds is 7. The molecule has 1 aliphatic rings. The summed E-state index contributed by atoms with van der Waals surface area (Å²) in [5, 5.41) is 6.64. The van der Waals surface area contributed by atoms with Crippen LogP contribution in [-0.2, 0) is 11.3 Å². The predicted molar refractivity (Wildman–Crippen MR) is 105 cm³/mol. The van der Waals surface area contributed by atoms with Crippen LogP contribution in [0.3, 0.4) is 0 Å². The number of pyridine rings is 1. The van der Waals surface area contributed by atoms with Crippen LogP contribution in [0, 0.1) is 0 Å². The van der Waals surface area contributed by atoms with Crippen LogP contribution >= 0.6 is 0 Å². The highest BCUT2D eigenvalue weighted by Gasteiger charge is 2.20. The average Bonchev–Trinajstić information content (AvgIpc) is 2.65. The van der Waals surface area contributed by atoms with Gasteiger partial charge in [0, 0.05) is 52.5 Å². The Labute approximate surface area is 156 Å². The van der Waals surface area contributed by atoms with Gasteiger partial charge in [-0.25, -0.2) is 4.99 Å². The van der Waals surface area contributed by atoms with E-state index in [2.05, 4.69) is 38.2 Å². The summed E-state index contributed by atoms with van der Waals surface area (Å²) in [6, 6.07) is 6.38. The molecule has 0 spiro atoms. The minimum Gasteiger partial charge on any atom is -0.354 e. The van der Waals surface area contributed by atoms with Crippen molar-refractivity contribution in [2.75, 3.05) is 40.3 Å². The summed E-state index contributed by atoms with van der Waals surface area (Å²) in [6.45, 7) is 7.38. The number of aliphatic imine (C=N–C) groups is 1. The first-order valence-electron chi connectivity index (χ1n) is 9.06. The van der Waals surface area contributed by atoms with E-state index >= 15 is 0 Å². The lowest BCUT2D eigenvalue weighted by atomic mass is 10.0. The number of likely N-dealkylation sites (N-methyl/N-ethyl adjacent to an activating group) is 1. The molecule has 0 atom stereocenters. The molecule has 1 saturated heterocycles. The minimum absolute atomic E-state index is 0.0186. The summed E-state index contributed by atoms with van der Waals surface area (Å²) in [6.07, 6.45) is 5.68. The Bertz CT molecular complexity index is 593. The summed E-state index contributed by atoms with van der Waals surface area (Å²) >= 11 is 0. The lowest BCUT2D eigenvalue weighted by Crippen LogP contribution is -2.48. The number of piperidine rings is 1. The zero-order chi connectivity index (χ0) is 18.8. The van der Waals surface area contributed by atoms with Crippen LogP contribution in [0.2, 0.25) is 0 Å². The molecule has 26 heavy (non-hydrogen) atoms. The molecule has 7 heteroatoms. The van der Waals surface area contributed by atoms with E-state index in [-0.39, 0.29) is 12.5 Å². The van der Waals surface area contributed by atoms with Gasteiger partial charge in [-0.1, -0.05) is 12.1 Å². The van der Waals surface area contributed by atoms with E-state index in [0.29, 0.717) is 18.5 Å². The lowest BCUT2D eigenvalue weighted by Gasteiger charge is -2.32. The molecule has 0 radical (unpaired) electrons. The third-order valence-electron chi connectivity index (χ3n) is 4.33. The van der Waals surface area contributed by atoms with Crippen molar-refractivity contribution in [1.29, 1.82) is 0 Å². The van der Waals surface area contributed by atoms with Gasteiger partial charge >= 0.3 is 0 Å². The second-order valence-electron chi connectivity index (χ2n) is 6.64. The monoisotopic (exact) mass is 358 g/mol. The van der Waals surface area contributed by atoms with Gasteiger partial charge in [0.15, 0.2) is 5.96 Å². The highest BCUT2D eigenvalue weighted by Crippen LogP contribution is 2.12. The topological polar surface area (TPSA) is 72.9 Å². The molecule has 142 valence electrons. The van der Waals surface area contributed by atoms with Gasteiger partial charge in [0.1, 0.15) is 6.54 Å². The number of hydrogen-bond acceptors (Lipinski definition) is 4. The minimum atomic E-state index is -0.0186. The van der Waals surface area contributed by atoms with Crippen molar-refractivity contribution in [2.24, 2.45) is 4.99 Å². The Morgan fingerprint density at radius 2 is 2.19 bits per heavy atom. The van der Waals surface area contributed by atoms with E-state index in [0.717, 1.165) is 38.2 Å². The molecule has 2 N–H and O–H groups in total. The van der Waals surface area contributed by atoms with Gasteiger partial charge in [0.2, 0.25) is 5.91 Å². The van der Waals surface area contributed by atoms with Crippen LogP contribution < -0.4 is 10.6 Å². The molecule has 1 aromatic heterocycles. The fourth-order valence-electron chi connectivity index (χ4n) is 2.76. The van der Waals surface area contributed by atoms with E-state index in [1.54, 1.807) is 25.1 Å². The van der Waals surface area contributed by atoms with Crippen LogP contribution in [0.25, 0.3) is 0 Å². The molecule has 1 fully saturated rings. The van der Waals surface area contributed by atoms with Crippen molar-refractivity contribution in [2.45, 2.75) is 25.4 Å². The van der Waals surface area contributed by atoms with Crippen LogP contribution in [0.1, 0.15) is 18.5 Å². The first kappa shape index (κ1) is 19.9. The fourth-order valence-corrected chi connectivity index (χ4v) is 2.76. The second-order valence-corrected chi connectivity index (χ2v) is 6.64. The predicted octanol–water partition coefficient (Wildman–Crippen LogP) is 0.855. The first-order valence-corrected chi connectivity index (χ1v) is 9.06. The van der Waals surface area contributed by atoms with Crippen LogP contribution in [0.5, 0.6) is 0 Å². The number of nitrogens with one attached hydrogen (secondary N) is 2. The number of aromatic nitrogens is 1. The number of hydrogen-bond donors (Lipinski definition) is 2. The summed E-state index contributed by atoms with van der Waals surface area (Å²) in [4.78, 5) is 24.5. The highest BCUT2D eigenvalue weighted by atomic mass is 16.2. The lowest BCUT2D eigenvalue weighted by molar-refractivity contribution is -0.127. The van der Waals surface area contributed by atoms with Gasteiger partial charge in [-0.15, -0.1) is 6.58 Å². The molecule has 7 nitrogen and oxygen atoms in total. The van der Waals surface area contributed by atoms with Crippen molar-refractivity contribution in [3.05, 3.63) is 42.7 Å². The van der Waals surface area contributed by atoms with Gasteiger partial charge in [0.05, 0.1) is 5.69 Å². The number of amides is 1. The van der Waals surface area contributed by atoms with Crippen LogP contribution in [0.4, 0.5) is 0 Å². The fraction of sp³-hybridized carbons (Fsp3) is 0.526. The molecule has 0 aromatic carbocycles. The van der Waals surface area contributed by atoms with Crippen LogP contribution in [0.15, 0.2) is 42.0 Å². The molecule has 1 aliphatic heterocycles. The molecule has 0 saturated carbocycles. The first-order chi connectivity index (χ1) is 12.6. The smallest absolute Gasteiger partial charge is 0.243 e. The Balaban J connectivity index is 1.82. The number of nitrogens with zero attached hydrogens (tertiary/aromatic N) is 4. The number of carbonyl (C=O) groups excluding carboxylic acids is 1. The molecule has 0 unspecified atom stereocenters. The molecular weight excluding hydrogens is 328 g/mol. The maximum Gasteiger partial charge on any atom is 0.243 e. The largest absolute Gasteiger partial charge is 0.354 e. The van der Waals surface area contributed by atoms with Gasteiger partial charge in [-0.05, 0) is 25.0 Å². The van der Waals surface area contributed by atoms with E-state index in [1.807, 2.05) is 18.3 Å². The van der Waals surface area contributed by atoms with E-state index in [9.17, 15) is 4.79 Å². The summed E-state index contributed by atoms with van der Waals surface area (Å²) in [5.41, 5.74) is 1.11. The Morgan fingerprint density at radius 1 is 1.42 bits per heavy atom. The maximum atomic E-state index is 11.8. The van der Waals surface area contributed by atoms with Gasteiger partial charge in [-0.3, -0.25) is 14.7 Å². The Hall–Kier alpha value is -2.41. The van der Waals surface area contributed by atoms with E-state index in [1.165, 1.54) is 0 Å². The molecule has 0 aliphatic carbocycles. The van der Waals surface area contributed by atoms with Gasteiger partial charge in [0.25, 0.3) is 0 Å². The standard InChI is InChI=1S/C19H30N6O/c1-4-10-21-19(22-14-18(26)24(2)3)23-16-8-12-25(13-9-16)15-17-7-5-6-11-20-17/h4-7,11,16H,1,8-10,12-15H2,2-3H3,(H2,21,22,23). The zero-order valence-corrected chi connectivity index (χ0v) is 15.8. The Kier molecular flexibility index (Phi) is 8.08. The molecule has 2 heterocycles. The molecule has 0 bridgehead atoms. The van der Waals surface area contributed by atoms with Crippen molar-refractivity contribution < 1.29 is 4.79 Å². The summed E-state index contributed by atoms with van der Waals surface area (Å²) in [7, 11) is 3.47. The molecule has 1 aromatic rings. The Morgan fingerprint density at radius 3 is 2.81 bits per heavy atom. The van der Waals surface area contributed by atoms with Gasteiger partial charge in [-0.2, -0.15) is 0 Å². The molecule has 1 amide bonds. The normalized spacial score (nSPS) is 16.2. The number of guanidine groups is 1. The van der Waals surface area contributed by atoms with Crippen molar-refractivity contribution in [3.8, 4) is 0 Å². The average molecular weight is 358 g/mol. The van der Waals surface area contributed by atoms with Crippen molar-refractivity contribution >= 4 is 11.9 Å². The summed E-state index contributed by atoms with van der Waals surface area (Å²) in [5.74, 6) is 0.651. The van der Waals surface area contributed by atoms with Gasteiger partial charge < -0.3 is 15.5 Å². The van der Waals surface area contributed by atoms with E-state index < -0.39 is 0 Å². The quantitative estimate of drug-likeness (QED) is 0.430. The summed E-state index contributed by atoms with van der Waals surface area (Å²) < 4.78 is 0. The van der Waals surface area contributed by atoms with Crippen LogP contribution in [-0.4, -0.2) is 73.0 Å². The molecular formula is C19H30N6O. The number of carbonyl (C=O) groups is 1. The molecule has 2 rings (SSSR count). The second kappa shape index (κ2) is 10.6. The van der Waals surface area contributed by atoms with Crippen molar-refractivity contribution in [1.82, 2.24) is 25.4 Å². The van der Waals surface area contributed by atoms with E-state index in [4.69, 9.17) is 0 Å². The zero-order valence-electron chi connectivity index (χ0n) is 15.8. The third-order valence-corrected chi connectivity index (χ3v) is 4.33. The van der Waals surface area contributed by atoms with Crippen molar-refractivity contribution in [3.63, 3.8) is 0 Å². The SMILES string of the molecule is C=CCNC(=NCC(=O)N(C)C)NC1CCN(Cc2ccccn2)CC1. The maximum absolute atomic E-state index is 11.8. The highest BCUT2D eigenvalue weighted by molar-refractivity contribution is 5.85. The number of likely N-dealkylation sites (tertiary alicyclic amines) is 1.